The molecule has 1 heterocycles. The number of unbranched alkanes of at least 4 members (excludes halogenated alkanes) is 1. The van der Waals surface area contributed by atoms with Gasteiger partial charge in [-0.3, -0.25) is 14.3 Å². The number of aryl methyl sites for hydroxylation is 1. The second-order valence-corrected chi connectivity index (χ2v) is 13.0. The third kappa shape index (κ3) is 32.6. The monoisotopic (exact) mass is 747 g/mol. The van der Waals surface area contributed by atoms with Crippen molar-refractivity contribution >= 4 is 11.7 Å². The van der Waals surface area contributed by atoms with E-state index in [9.17, 15) is 9.59 Å². The Hall–Kier alpha value is -2.08. The zero-order valence-electron chi connectivity index (χ0n) is 32.7. The Bertz CT molecular complexity index is 953. The molecule has 0 aliphatic heterocycles. The van der Waals surface area contributed by atoms with Crippen molar-refractivity contribution in [3.05, 3.63) is 11.9 Å². The van der Waals surface area contributed by atoms with E-state index < -0.39 is 0 Å². The lowest BCUT2D eigenvalue weighted by Gasteiger charge is -2.09. The molecule has 15 heteroatoms. The number of carbonyl (C=O) groups excluding carboxylic acids is 2. The highest BCUT2D eigenvalue weighted by molar-refractivity contribution is 5.78. The molecule has 0 bridgehead atoms. The molecule has 0 unspecified atom stereocenters. The zero-order chi connectivity index (χ0) is 37.7. The van der Waals surface area contributed by atoms with Crippen LogP contribution < -0.4 is 5.32 Å². The summed E-state index contributed by atoms with van der Waals surface area (Å²) in [5.41, 5.74) is 0.756. The number of ether oxygens (including phenoxy) is 9. The molecule has 15 nitrogen and oxygen atoms in total. The van der Waals surface area contributed by atoms with Gasteiger partial charge in [0.2, 0.25) is 5.91 Å². The van der Waals surface area contributed by atoms with Crippen LogP contribution >= 0.6 is 0 Å². The Labute approximate surface area is 312 Å². The average molecular weight is 747 g/mol. The maximum atomic E-state index is 11.9. The van der Waals surface area contributed by atoms with Gasteiger partial charge in [-0.1, -0.05) is 45.7 Å². The molecule has 0 fully saturated rings. The number of aromatic nitrogens is 3. The first kappa shape index (κ1) is 47.9. The summed E-state index contributed by atoms with van der Waals surface area (Å²) in [5.74, 6) is 1.10. The van der Waals surface area contributed by atoms with Crippen molar-refractivity contribution < 1.29 is 52.2 Å². The van der Waals surface area contributed by atoms with E-state index in [0.717, 1.165) is 31.4 Å². The Morgan fingerprint density at radius 3 is 1.50 bits per heavy atom. The van der Waals surface area contributed by atoms with Crippen LogP contribution in [0.15, 0.2) is 6.20 Å². The molecule has 0 aliphatic carbocycles. The molecule has 0 aromatic carbocycles. The van der Waals surface area contributed by atoms with E-state index in [1.807, 2.05) is 20.0 Å². The third-order valence-electron chi connectivity index (χ3n) is 7.43. The van der Waals surface area contributed by atoms with Gasteiger partial charge in [-0.25, -0.2) is 0 Å². The standard InChI is InChI=1S/C37H70N4O11/c1-33(2)9-5-6-10-36(42)11-7-14-44-15-16-45-17-18-46-19-20-47-21-22-48-23-24-49-25-26-50-27-28-51-29-30-52-32-35-31-41(40-39-35)13-8-12-38-37(43)34(3)4/h31,33-34H,5-30,32H2,1-4H3,(H,38,43). The van der Waals surface area contributed by atoms with Crippen LogP contribution in [0.5, 0.6) is 0 Å². The summed E-state index contributed by atoms with van der Waals surface area (Å²) in [7, 11) is 0. The van der Waals surface area contributed by atoms with Crippen molar-refractivity contribution in [1.29, 1.82) is 0 Å². The van der Waals surface area contributed by atoms with E-state index in [1.165, 1.54) is 6.42 Å². The predicted molar refractivity (Wildman–Crippen MR) is 196 cm³/mol. The molecular weight excluding hydrogens is 676 g/mol. The quantitative estimate of drug-likeness (QED) is 0.0971. The smallest absolute Gasteiger partial charge is 0.222 e. The lowest BCUT2D eigenvalue weighted by atomic mass is 10.0. The van der Waals surface area contributed by atoms with E-state index in [0.29, 0.717) is 157 Å². The summed E-state index contributed by atoms with van der Waals surface area (Å²) in [6.45, 7) is 18.4. The Morgan fingerprint density at radius 1 is 0.596 bits per heavy atom. The molecule has 0 radical (unpaired) electrons. The van der Waals surface area contributed by atoms with Crippen molar-refractivity contribution in [3.8, 4) is 0 Å². The average Bonchev–Trinajstić information content (AvgIpc) is 3.58. The molecule has 1 aromatic rings. The first-order valence-electron chi connectivity index (χ1n) is 19.3. The van der Waals surface area contributed by atoms with Crippen molar-refractivity contribution in [2.24, 2.45) is 11.8 Å². The number of amides is 1. The number of rotatable bonds is 40. The van der Waals surface area contributed by atoms with Crippen molar-refractivity contribution in [3.63, 3.8) is 0 Å². The van der Waals surface area contributed by atoms with Gasteiger partial charge in [0.1, 0.15) is 11.5 Å². The van der Waals surface area contributed by atoms with Crippen LogP contribution in [0.3, 0.4) is 0 Å². The van der Waals surface area contributed by atoms with Gasteiger partial charge in [0.05, 0.1) is 119 Å². The number of carbonyl (C=O) groups is 2. The lowest BCUT2D eigenvalue weighted by Crippen LogP contribution is -2.29. The van der Waals surface area contributed by atoms with E-state index in [2.05, 4.69) is 29.5 Å². The van der Waals surface area contributed by atoms with Crippen molar-refractivity contribution in [2.75, 3.05) is 119 Å². The van der Waals surface area contributed by atoms with Crippen LogP contribution in [0.2, 0.25) is 0 Å². The van der Waals surface area contributed by atoms with Gasteiger partial charge < -0.3 is 47.9 Å². The van der Waals surface area contributed by atoms with Gasteiger partial charge >= 0.3 is 0 Å². The number of hydrogen-bond donors (Lipinski definition) is 1. The number of Topliss-reactive ketones (excluding diaryl/α,β-unsaturated/α-hetero) is 1. The zero-order valence-corrected chi connectivity index (χ0v) is 32.7. The Balaban J connectivity index is 1.70. The molecule has 0 saturated heterocycles. The van der Waals surface area contributed by atoms with Gasteiger partial charge in [0.15, 0.2) is 0 Å². The minimum absolute atomic E-state index is 0.00842. The lowest BCUT2D eigenvalue weighted by molar-refractivity contribution is -0.124. The fraction of sp³-hybridized carbons (Fsp3) is 0.892. The van der Waals surface area contributed by atoms with Crippen LogP contribution in [-0.2, 0) is 65.4 Å². The summed E-state index contributed by atoms with van der Waals surface area (Å²) in [4.78, 5) is 23.4. The molecule has 0 spiro atoms. The molecule has 1 rings (SSSR count). The molecule has 1 amide bonds. The van der Waals surface area contributed by atoms with Crippen LogP contribution in [0, 0.1) is 11.8 Å². The molecular formula is C37H70N4O11. The normalized spacial score (nSPS) is 11.7. The number of nitrogens with one attached hydrogen (secondary N) is 1. The first-order chi connectivity index (χ1) is 25.4. The molecule has 0 aliphatic rings. The van der Waals surface area contributed by atoms with Crippen LogP contribution in [0.25, 0.3) is 0 Å². The van der Waals surface area contributed by atoms with E-state index in [4.69, 9.17) is 42.6 Å². The highest BCUT2D eigenvalue weighted by Gasteiger charge is 2.06. The van der Waals surface area contributed by atoms with E-state index in [1.54, 1.807) is 4.68 Å². The largest absolute Gasteiger partial charge is 0.379 e. The van der Waals surface area contributed by atoms with Crippen molar-refractivity contribution in [2.45, 2.75) is 85.8 Å². The Morgan fingerprint density at radius 2 is 1.04 bits per heavy atom. The SMILES string of the molecule is CC(C)CCCCC(=O)CCCOCCOCCOCCOCCOCCOCCOCCOCCOCc1cn(CCCNC(=O)C(C)C)nn1. The van der Waals surface area contributed by atoms with E-state index >= 15 is 0 Å². The van der Waals surface area contributed by atoms with Gasteiger partial charge in [0.25, 0.3) is 0 Å². The van der Waals surface area contributed by atoms with Crippen LogP contribution in [-0.4, -0.2) is 146 Å². The number of hydrogen-bond acceptors (Lipinski definition) is 13. The summed E-state index contributed by atoms with van der Waals surface area (Å²) >= 11 is 0. The topological polar surface area (TPSA) is 160 Å². The third-order valence-corrected chi connectivity index (χ3v) is 7.43. The fourth-order valence-corrected chi connectivity index (χ4v) is 4.48. The van der Waals surface area contributed by atoms with Gasteiger partial charge in [0, 0.05) is 38.5 Å². The minimum Gasteiger partial charge on any atom is -0.379 e. The number of ketones is 1. The summed E-state index contributed by atoms with van der Waals surface area (Å²) in [6.07, 6.45) is 8.05. The second kappa shape index (κ2) is 35.9. The molecule has 1 aromatic heterocycles. The molecule has 0 atom stereocenters. The molecule has 52 heavy (non-hydrogen) atoms. The molecule has 304 valence electrons. The van der Waals surface area contributed by atoms with Gasteiger partial charge in [-0.15, -0.1) is 5.10 Å². The highest BCUT2D eigenvalue weighted by Crippen LogP contribution is 2.09. The Kier molecular flexibility index (Phi) is 33.1. The minimum atomic E-state index is -0.00842. The second-order valence-electron chi connectivity index (χ2n) is 13.0. The fourth-order valence-electron chi connectivity index (χ4n) is 4.48. The number of nitrogens with zero attached hydrogens (tertiary/aromatic N) is 3. The maximum absolute atomic E-state index is 11.9. The summed E-state index contributed by atoms with van der Waals surface area (Å²) < 4.78 is 51.4. The summed E-state index contributed by atoms with van der Waals surface area (Å²) in [5, 5.41) is 11.1. The maximum Gasteiger partial charge on any atom is 0.222 e. The van der Waals surface area contributed by atoms with Crippen LogP contribution in [0.1, 0.15) is 78.3 Å². The van der Waals surface area contributed by atoms with Gasteiger partial charge in [-0.05, 0) is 25.2 Å². The summed E-state index contributed by atoms with van der Waals surface area (Å²) in [6, 6.07) is 0. The highest BCUT2D eigenvalue weighted by atomic mass is 16.6. The van der Waals surface area contributed by atoms with Crippen molar-refractivity contribution in [1.82, 2.24) is 20.3 Å². The van der Waals surface area contributed by atoms with Crippen LogP contribution in [0.4, 0.5) is 0 Å². The van der Waals surface area contributed by atoms with Gasteiger partial charge in [-0.2, -0.15) is 0 Å². The first-order valence-corrected chi connectivity index (χ1v) is 19.3. The predicted octanol–water partition coefficient (Wildman–Crippen LogP) is 3.66. The molecule has 1 N–H and O–H groups in total. The van der Waals surface area contributed by atoms with E-state index in [-0.39, 0.29) is 11.8 Å². The molecule has 0 saturated carbocycles.